The van der Waals surface area contributed by atoms with E-state index in [4.69, 9.17) is 14.2 Å². The second-order valence-electron chi connectivity index (χ2n) is 8.26. The molecule has 148 valence electrons. The molecule has 5 atom stereocenters. The van der Waals surface area contributed by atoms with Gasteiger partial charge in [0.15, 0.2) is 0 Å². The molecule has 1 aliphatic carbocycles. The van der Waals surface area contributed by atoms with Gasteiger partial charge in [-0.3, -0.25) is 4.79 Å². The van der Waals surface area contributed by atoms with Gasteiger partial charge in [0.1, 0.15) is 18.3 Å². The molecule has 0 aromatic heterocycles. The van der Waals surface area contributed by atoms with E-state index in [2.05, 4.69) is 12.7 Å². The fourth-order valence-electron chi connectivity index (χ4n) is 4.38. The second kappa shape index (κ2) is 7.21. The lowest BCUT2D eigenvalue weighted by atomic mass is 9.82. The molecule has 4 rings (SSSR count). The van der Waals surface area contributed by atoms with Crippen molar-refractivity contribution in [1.82, 2.24) is 0 Å². The van der Waals surface area contributed by atoms with E-state index in [0.29, 0.717) is 12.0 Å². The molecule has 28 heavy (non-hydrogen) atoms. The minimum Gasteiger partial charge on any atom is -0.458 e. The van der Waals surface area contributed by atoms with E-state index in [1.54, 1.807) is 0 Å². The van der Waals surface area contributed by atoms with E-state index in [1.807, 2.05) is 44.2 Å². The smallest absolute Gasteiger partial charge is 0.334 e. The SMILES string of the molecule is C=C1C(=O)O[C@H]2C/C(C)=C/CC[C@]3(C)O[C@@H]3[C@@H](OC(=O)Cc3ccccc3)[C@H]12. The molecule has 3 aliphatic rings. The molecule has 0 unspecified atom stereocenters. The molecule has 0 N–H and O–H groups in total. The third kappa shape index (κ3) is 3.63. The highest BCUT2D eigenvalue weighted by Gasteiger charge is 2.62. The zero-order valence-electron chi connectivity index (χ0n) is 16.4. The summed E-state index contributed by atoms with van der Waals surface area (Å²) in [6, 6.07) is 9.48. The quantitative estimate of drug-likeness (QED) is 0.346. The van der Waals surface area contributed by atoms with Gasteiger partial charge >= 0.3 is 11.9 Å². The zero-order chi connectivity index (χ0) is 19.9. The molecule has 2 heterocycles. The van der Waals surface area contributed by atoms with Crippen LogP contribution in [0.4, 0.5) is 0 Å². The molecule has 1 aromatic rings. The molecule has 2 fully saturated rings. The van der Waals surface area contributed by atoms with Crippen LogP contribution in [0.1, 0.15) is 38.7 Å². The highest BCUT2D eigenvalue weighted by atomic mass is 16.6. The molecule has 0 radical (unpaired) electrons. The number of hydrogen-bond acceptors (Lipinski definition) is 5. The second-order valence-corrected chi connectivity index (χ2v) is 8.26. The largest absolute Gasteiger partial charge is 0.458 e. The monoisotopic (exact) mass is 382 g/mol. The highest BCUT2D eigenvalue weighted by molar-refractivity contribution is 5.91. The van der Waals surface area contributed by atoms with Gasteiger partial charge in [0, 0.05) is 12.0 Å². The van der Waals surface area contributed by atoms with E-state index in [-0.39, 0.29) is 36.1 Å². The number of fused-ring (bicyclic) bond motifs is 2. The van der Waals surface area contributed by atoms with Gasteiger partial charge < -0.3 is 14.2 Å². The third-order valence-corrected chi connectivity index (χ3v) is 6.03. The highest BCUT2D eigenvalue weighted by Crippen LogP contribution is 2.49. The molecule has 2 aliphatic heterocycles. The zero-order valence-corrected chi connectivity index (χ0v) is 16.4. The van der Waals surface area contributed by atoms with Crippen LogP contribution in [0.2, 0.25) is 0 Å². The lowest BCUT2D eigenvalue weighted by Gasteiger charge is -2.28. The average molecular weight is 382 g/mol. The fraction of sp³-hybridized carbons (Fsp3) is 0.478. The number of carbonyl (C=O) groups is 2. The Hall–Kier alpha value is -2.40. The van der Waals surface area contributed by atoms with Crippen LogP contribution < -0.4 is 0 Å². The minimum atomic E-state index is -0.573. The minimum absolute atomic E-state index is 0.179. The molecule has 5 heteroatoms. The van der Waals surface area contributed by atoms with Crippen LogP contribution in [-0.4, -0.2) is 35.9 Å². The van der Waals surface area contributed by atoms with E-state index in [0.717, 1.165) is 24.0 Å². The van der Waals surface area contributed by atoms with Gasteiger partial charge in [-0.2, -0.15) is 0 Å². The topological polar surface area (TPSA) is 65.1 Å². The number of ether oxygens (including phenoxy) is 3. The van der Waals surface area contributed by atoms with Crippen molar-refractivity contribution in [2.75, 3.05) is 0 Å². The first-order valence-electron chi connectivity index (χ1n) is 9.84. The van der Waals surface area contributed by atoms with Crippen LogP contribution >= 0.6 is 0 Å². The molecule has 0 bridgehead atoms. The molecule has 5 nitrogen and oxygen atoms in total. The number of allylic oxidation sites excluding steroid dienone is 1. The van der Waals surface area contributed by atoms with E-state index < -0.39 is 12.1 Å². The maximum absolute atomic E-state index is 12.7. The van der Waals surface area contributed by atoms with Gasteiger partial charge in [0.05, 0.1) is 17.9 Å². The molecule has 0 saturated carbocycles. The maximum Gasteiger partial charge on any atom is 0.334 e. The van der Waals surface area contributed by atoms with Crippen molar-refractivity contribution in [3.8, 4) is 0 Å². The number of esters is 2. The maximum atomic E-state index is 12.7. The standard InChI is InChI=1S/C23H26O5/c1-14-8-7-11-23(3)21(28-23)20(19-15(2)22(25)26-17(19)12-14)27-18(24)13-16-9-5-4-6-10-16/h4-6,8-10,17,19-21H,2,7,11-13H2,1,3H3/b14-8+/t17-,19+,20-,21+,23-/m0/s1. The lowest BCUT2D eigenvalue weighted by molar-refractivity contribution is -0.153. The summed E-state index contributed by atoms with van der Waals surface area (Å²) in [5.41, 5.74) is 2.06. The predicted octanol–water partition coefficient (Wildman–Crippen LogP) is 3.53. The van der Waals surface area contributed by atoms with Crippen molar-refractivity contribution in [2.24, 2.45) is 5.92 Å². The van der Waals surface area contributed by atoms with Gasteiger partial charge in [0.2, 0.25) is 0 Å². The number of benzene rings is 1. The summed E-state index contributed by atoms with van der Waals surface area (Å²) in [6.45, 7) is 8.02. The van der Waals surface area contributed by atoms with Crippen molar-refractivity contribution < 1.29 is 23.8 Å². The van der Waals surface area contributed by atoms with Crippen molar-refractivity contribution in [2.45, 2.75) is 63.4 Å². The Bertz CT molecular complexity index is 827. The first-order chi connectivity index (χ1) is 13.4. The van der Waals surface area contributed by atoms with Crippen LogP contribution in [0.3, 0.4) is 0 Å². The Morgan fingerprint density at radius 2 is 2.07 bits per heavy atom. The van der Waals surface area contributed by atoms with Crippen molar-refractivity contribution in [3.05, 3.63) is 59.7 Å². The predicted molar refractivity (Wildman–Crippen MR) is 103 cm³/mol. The molecular weight excluding hydrogens is 356 g/mol. The number of hydrogen-bond donors (Lipinski definition) is 0. The summed E-state index contributed by atoms with van der Waals surface area (Å²) < 4.78 is 17.5. The summed E-state index contributed by atoms with van der Waals surface area (Å²) in [5, 5.41) is 0. The first-order valence-corrected chi connectivity index (χ1v) is 9.84. The normalized spacial score (nSPS) is 36.4. The Morgan fingerprint density at radius 3 is 2.82 bits per heavy atom. The van der Waals surface area contributed by atoms with Crippen molar-refractivity contribution in [3.63, 3.8) is 0 Å². The number of carbonyl (C=O) groups excluding carboxylic acids is 2. The number of rotatable bonds is 3. The average Bonchev–Trinajstić information content (AvgIpc) is 3.23. The number of epoxide rings is 1. The molecule has 0 amide bonds. The summed E-state index contributed by atoms with van der Waals surface area (Å²) >= 11 is 0. The van der Waals surface area contributed by atoms with Gasteiger partial charge in [0.25, 0.3) is 0 Å². The third-order valence-electron chi connectivity index (χ3n) is 6.03. The Kier molecular flexibility index (Phi) is 4.88. The van der Waals surface area contributed by atoms with Gasteiger partial charge in [-0.25, -0.2) is 4.79 Å². The van der Waals surface area contributed by atoms with E-state index >= 15 is 0 Å². The Balaban J connectivity index is 1.60. The summed E-state index contributed by atoms with van der Waals surface area (Å²) in [6.07, 6.45) is 3.50. The summed E-state index contributed by atoms with van der Waals surface area (Å²) in [4.78, 5) is 24.9. The Morgan fingerprint density at radius 1 is 1.32 bits per heavy atom. The van der Waals surface area contributed by atoms with Crippen molar-refractivity contribution in [1.29, 1.82) is 0 Å². The fourth-order valence-corrected chi connectivity index (χ4v) is 4.38. The van der Waals surface area contributed by atoms with Gasteiger partial charge in [-0.15, -0.1) is 0 Å². The van der Waals surface area contributed by atoms with Crippen LogP contribution in [-0.2, 0) is 30.2 Å². The Labute approximate surface area is 165 Å². The molecule has 2 saturated heterocycles. The lowest BCUT2D eigenvalue weighted by Crippen LogP contribution is -2.40. The van der Waals surface area contributed by atoms with Crippen LogP contribution in [0.5, 0.6) is 0 Å². The van der Waals surface area contributed by atoms with Gasteiger partial charge in [-0.1, -0.05) is 48.6 Å². The van der Waals surface area contributed by atoms with E-state index in [1.165, 1.54) is 0 Å². The molecule has 1 aromatic carbocycles. The molecule has 0 spiro atoms. The van der Waals surface area contributed by atoms with Crippen molar-refractivity contribution >= 4 is 11.9 Å². The molecular formula is C23H26O5. The van der Waals surface area contributed by atoms with Crippen LogP contribution in [0.15, 0.2) is 54.1 Å². The van der Waals surface area contributed by atoms with Crippen LogP contribution in [0, 0.1) is 5.92 Å². The summed E-state index contributed by atoms with van der Waals surface area (Å²) in [7, 11) is 0. The van der Waals surface area contributed by atoms with Crippen LogP contribution in [0.25, 0.3) is 0 Å². The summed E-state index contributed by atoms with van der Waals surface area (Å²) in [5.74, 6) is -1.13. The first kappa shape index (κ1) is 18.9. The van der Waals surface area contributed by atoms with E-state index in [9.17, 15) is 9.59 Å². The van der Waals surface area contributed by atoms with Gasteiger partial charge in [-0.05, 0) is 32.3 Å².